The summed E-state index contributed by atoms with van der Waals surface area (Å²) in [7, 11) is 1.64. The van der Waals surface area contributed by atoms with Crippen LogP contribution in [0.25, 0.3) is 22.3 Å². The van der Waals surface area contributed by atoms with Crippen molar-refractivity contribution in [3.8, 4) is 17.3 Å². The summed E-state index contributed by atoms with van der Waals surface area (Å²) < 4.78 is 1.99. The van der Waals surface area contributed by atoms with Gasteiger partial charge < -0.3 is 15.2 Å². The van der Waals surface area contributed by atoms with Crippen molar-refractivity contribution in [1.82, 2.24) is 24.8 Å². The number of carbonyl (C=O) groups excluding carboxylic acids is 1. The van der Waals surface area contributed by atoms with Crippen LogP contribution in [0.1, 0.15) is 36.3 Å². The maximum Gasteiger partial charge on any atom is 0.221 e. The second-order valence-corrected chi connectivity index (χ2v) is 8.18. The number of halogens is 1. The van der Waals surface area contributed by atoms with Crippen molar-refractivity contribution in [2.45, 2.75) is 31.7 Å². The quantitative estimate of drug-likeness (QED) is 0.407. The average molecular weight is 474 g/mol. The van der Waals surface area contributed by atoms with E-state index in [4.69, 9.17) is 10.2 Å². The number of nitriles is 1. The SMILES string of the molecule is CNC(=O)CCn1cnc2cc(-c3cc(C4CC4)cc(Nc4cc(C#N)ccn4)n3)ccc21.Cl. The molecular formula is C25H24ClN7O. The van der Waals surface area contributed by atoms with E-state index in [1.165, 1.54) is 18.4 Å². The monoisotopic (exact) mass is 473 g/mol. The molecule has 4 aromatic rings. The lowest BCUT2D eigenvalue weighted by Gasteiger charge is -2.11. The third kappa shape index (κ3) is 5.00. The lowest BCUT2D eigenvalue weighted by molar-refractivity contribution is -0.120. The van der Waals surface area contributed by atoms with Crippen LogP contribution in [0.15, 0.2) is 55.0 Å². The number of nitrogens with zero attached hydrogens (tertiary/aromatic N) is 5. The van der Waals surface area contributed by atoms with Gasteiger partial charge in [0.2, 0.25) is 5.91 Å². The van der Waals surface area contributed by atoms with Gasteiger partial charge in [-0.05, 0) is 60.7 Å². The highest BCUT2D eigenvalue weighted by Gasteiger charge is 2.25. The summed E-state index contributed by atoms with van der Waals surface area (Å²) in [6.45, 7) is 0.577. The molecule has 172 valence electrons. The van der Waals surface area contributed by atoms with Gasteiger partial charge in [0.05, 0.1) is 34.7 Å². The van der Waals surface area contributed by atoms with E-state index in [1.54, 1.807) is 31.7 Å². The van der Waals surface area contributed by atoms with Crippen LogP contribution in [0, 0.1) is 11.3 Å². The predicted molar refractivity (Wildman–Crippen MR) is 133 cm³/mol. The summed E-state index contributed by atoms with van der Waals surface area (Å²) >= 11 is 0. The van der Waals surface area contributed by atoms with E-state index >= 15 is 0 Å². The molecule has 1 aliphatic rings. The van der Waals surface area contributed by atoms with Crippen LogP contribution in [0.4, 0.5) is 11.6 Å². The van der Waals surface area contributed by atoms with Gasteiger partial charge in [-0.2, -0.15) is 5.26 Å². The van der Waals surface area contributed by atoms with Crippen molar-refractivity contribution in [2.24, 2.45) is 0 Å². The summed E-state index contributed by atoms with van der Waals surface area (Å²) in [5.41, 5.74) is 5.47. The molecule has 0 atom stereocenters. The van der Waals surface area contributed by atoms with Crippen LogP contribution in [0.5, 0.6) is 0 Å². The van der Waals surface area contributed by atoms with Gasteiger partial charge in [0, 0.05) is 31.8 Å². The Bertz CT molecular complexity index is 1390. The fraction of sp³-hybridized carbons (Fsp3) is 0.240. The lowest BCUT2D eigenvalue weighted by atomic mass is 10.1. The maximum absolute atomic E-state index is 11.6. The molecule has 1 amide bonds. The molecule has 3 heterocycles. The lowest BCUT2D eigenvalue weighted by Crippen LogP contribution is -2.19. The Morgan fingerprint density at radius 1 is 1.15 bits per heavy atom. The Hall–Kier alpha value is -3.96. The van der Waals surface area contributed by atoms with Gasteiger partial charge in [-0.15, -0.1) is 12.4 Å². The van der Waals surface area contributed by atoms with Crippen molar-refractivity contribution in [1.29, 1.82) is 5.26 Å². The topological polar surface area (TPSA) is 109 Å². The number of hydrogen-bond donors (Lipinski definition) is 2. The number of amides is 1. The van der Waals surface area contributed by atoms with Gasteiger partial charge in [0.1, 0.15) is 11.6 Å². The number of carbonyl (C=O) groups is 1. The highest BCUT2D eigenvalue weighted by molar-refractivity contribution is 5.85. The zero-order valence-electron chi connectivity index (χ0n) is 18.7. The van der Waals surface area contributed by atoms with Crippen LogP contribution < -0.4 is 10.6 Å². The van der Waals surface area contributed by atoms with Crippen molar-refractivity contribution in [3.05, 3.63) is 66.1 Å². The molecule has 1 fully saturated rings. The van der Waals surface area contributed by atoms with Gasteiger partial charge in [-0.1, -0.05) is 6.07 Å². The minimum atomic E-state index is 0. The van der Waals surface area contributed by atoms with Crippen LogP contribution in [0.2, 0.25) is 0 Å². The molecule has 0 aliphatic heterocycles. The van der Waals surface area contributed by atoms with Gasteiger partial charge in [0.15, 0.2) is 0 Å². The van der Waals surface area contributed by atoms with E-state index < -0.39 is 0 Å². The third-order valence-corrected chi connectivity index (χ3v) is 5.82. The standard InChI is InChI=1S/C25H23N7O.ClH/c1-27-25(33)7-9-32-15-29-21-11-18(4-5-22(21)32)20-12-19(17-2-3-17)13-24(30-20)31-23-10-16(14-26)6-8-28-23;/h4-6,8,10-13,15,17H,2-3,7,9H2,1H3,(H,27,33)(H,28,30,31);1H. The Morgan fingerprint density at radius 2 is 2.00 bits per heavy atom. The van der Waals surface area contributed by atoms with E-state index in [9.17, 15) is 4.79 Å². The van der Waals surface area contributed by atoms with Gasteiger partial charge >= 0.3 is 0 Å². The van der Waals surface area contributed by atoms with E-state index in [2.05, 4.69) is 38.8 Å². The second-order valence-electron chi connectivity index (χ2n) is 8.18. The summed E-state index contributed by atoms with van der Waals surface area (Å²) in [4.78, 5) is 25.3. The van der Waals surface area contributed by atoms with Crippen LogP contribution in [0.3, 0.4) is 0 Å². The van der Waals surface area contributed by atoms with Crippen LogP contribution in [-0.2, 0) is 11.3 Å². The van der Waals surface area contributed by atoms with Crippen molar-refractivity contribution in [2.75, 3.05) is 12.4 Å². The second kappa shape index (κ2) is 9.89. The van der Waals surface area contributed by atoms with Crippen molar-refractivity contribution < 1.29 is 4.79 Å². The molecule has 0 bridgehead atoms. The molecule has 0 unspecified atom stereocenters. The molecule has 1 aromatic carbocycles. The molecule has 2 N–H and O–H groups in total. The Kier molecular flexibility index (Phi) is 6.75. The summed E-state index contributed by atoms with van der Waals surface area (Å²) in [5.74, 6) is 1.85. The van der Waals surface area contributed by atoms with E-state index in [0.717, 1.165) is 22.3 Å². The fourth-order valence-corrected chi connectivity index (χ4v) is 3.86. The largest absolute Gasteiger partial charge is 0.359 e. The van der Waals surface area contributed by atoms with Crippen molar-refractivity contribution >= 4 is 41.0 Å². The van der Waals surface area contributed by atoms with Crippen molar-refractivity contribution in [3.63, 3.8) is 0 Å². The van der Waals surface area contributed by atoms with E-state index in [-0.39, 0.29) is 18.3 Å². The zero-order chi connectivity index (χ0) is 22.8. The van der Waals surface area contributed by atoms with Crippen LogP contribution in [-0.4, -0.2) is 32.5 Å². The molecule has 34 heavy (non-hydrogen) atoms. The number of benzene rings is 1. The summed E-state index contributed by atoms with van der Waals surface area (Å²) in [6.07, 6.45) is 6.15. The van der Waals surface area contributed by atoms with E-state index in [1.807, 2.05) is 22.8 Å². The number of aromatic nitrogens is 4. The molecule has 9 heteroatoms. The molecule has 3 aromatic heterocycles. The number of pyridine rings is 2. The van der Waals surface area contributed by atoms with Gasteiger partial charge in [-0.3, -0.25) is 4.79 Å². The van der Waals surface area contributed by atoms with Gasteiger partial charge in [-0.25, -0.2) is 15.0 Å². The first-order valence-corrected chi connectivity index (χ1v) is 10.9. The minimum Gasteiger partial charge on any atom is -0.359 e. The fourth-order valence-electron chi connectivity index (χ4n) is 3.86. The Balaban J connectivity index is 0.00000274. The Morgan fingerprint density at radius 3 is 2.76 bits per heavy atom. The predicted octanol–water partition coefficient (Wildman–Crippen LogP) is 4.54. The molecule has 0 radical (unpaired) electrons. The number of hydrogen-bond acceptors (Lipinski definition) is 6. The first-order chi connectivity index (χ1) is 16.1. The normalized spacial score (nSPS) is 12.6. The molecule has 0 spiro atoms. The number of aryl methyl sites for hydroxylation is 1. The smallest absolute Gasteiger partial charge is 0.221 e. The summed E-state index contributed by atoms with van der Waals surface area (Å²) in [5, 5.41) is 15.1. The third-order valence-electron chi connectivity index (χ3n) is 5.82. The highest BCUT2D eigenvalue weighted by atomic mass is 35.5. The summed E-state index contributed by atoms with van der Waals surface area (Å²) in [6, 6.07) is 15.8. The molecule has 1 aliphatic carbocycles. The number of anilines is 2. The maximum atomic E-state index is 11.6. The number of nitrogens with one attached hydrogen (secondary N) is 2. The first kappa shape index (κ1) is 23.2. The minimum absolute atomic E-state index is 0. The molecular weight excluding hydrogens is 450 g/mol. The molecule has 1 saturated carbocycles. The molecule has 0 saturated heterocycles. The Labute approximate surface area is 203 Å². The average Bonchev–Trinajstić information content (AvgIpc) is 3.62. The molecule has 5 rings (SSSR count). The zero-order valence-corrected chi connectivity index (χ0v) is 19.5. The highest BCUT2D eigenvalue weighted by Crippen LogP contribution is 2.42. The first-order valence-electron chi connectivity index (χ1n) is 10.9. The molecule has 8 nitrogen and oxygen atoms in total. The number of rotatable bonds is 7. The number of imidazole rings is 1. The van der Waals surface area contributed by atoms with Gasteiger partial charge in [0.25, 0.3) is 0 Å². The van der Waals surface area contributed by atoms with E-state index in [0.29, 0.717) is 36.1 Å². The van der Waals surface area contributed by atoms with Crippen LogP contribution >= 0.6 is 12.4 Å². The number of fused-ring (bicyclic) bond motifs is 1.